The summed E-state index contributed by atoms with van der Waals surface area (Å²) < 4.78 is 5.18. The number of hydrogen-bond donors (Lipinski definition) is 0. The predicted molar refractivity (Wildman–Crippen MR) is 92.2 cm³/mol. The first-order chi connectivity index (χ1) is 11.3. The number of carbonyl (C=O) groups is 1. The molecule has 1 aliphatic heterocycles. The topological polar surface area (TPSA) is 29.5 Å². The van der Waals surface area contributed by atoms with Gasteiger partial charge in [0.1, 0.15) is 5.75 Å². The number of ketones is 1. The summed E-state index contributed by atoms with van der Waals surface area (Å²) in [5.41, 5.74) is 2.15. The summed E-state index contributed by atoms with van der Waals surface area (Å²) in [6.07, 6.45) is 1.74. The zero-order chi connectivity index (χ0) is 16.1. The molecule has 0 aromatic heterocycles. The second-order valence-corrected chi connectivity index (χ2v) is 6.10. The Hall–Kier alpha value is -2.13. The van der Waals surface area contributed by atoms with Gasteiger partial charge in [0, 0.05) is 25.1 Å². The molecule has 1 aliphatic rings. The van der Waals surface area contributed by atoms with Crippen molar-refractivity contribution in [2.75, 3.05) is 26.7 Å². The standard InChI is InChI=1S/C20H23NO2/c1-23-19-9-5-8-17(14-19)20(22)11-13-21-12-10-18(15-21)16-6-3-2-4-7-16/h2-9,14,18H,10-13,15H2,1H3. The highest BCUT2D eigenvalue weighted by molar-refractivity contribution is 5.96. The Labute approximate surface area is 137 Å². The van der Waals surface area contributed by atoms with Gasteiger partial charge in [-0.25, -0.2) is 0 Å². The van der Waals surface area contributed by atoms with E-state index in [4.69, 9.17) is 4.74 Å². The highest BCUT2D eigenvalue weighted by atomic mass is 16.5. The van der Waals surface area contributed by atoms with Crippen molar-refractivity contribution in [3.05, 3.63) is 65.7 Å². The summed E-state index contributed by atoms with van der Waals surface area (Å²) in [6, 6.07) is 18.1. The minimum absolute atomic E-state index is 0.187. The maximum atomic E-state index is 12.3. The molecule has 0 spiro atoms. The molecule has 0 amide bonds. The zero-order valence-corrected chi connectivity index (χ0v) is 13.6. The molecule has 2 aromatic carbocycles. The number of nitrogens with zero attached hydrogens (tertiary/aromatic N) is 1. The van der Waals surface area contributed by atoms with E-state index >= 15 is 0 Å². The molecule has 0 N–H and O–H groups in total. The van der Waals surface area contributed by atoms with Crippen LogP contribution in [0, 0.1) is 0 Å². The molecule has 3 heteroatoms. The van der Waals surface area contributed by atoms with E-state index in [1.807, 2.05) is 24.3 Å². The fourth-order valence-electron chi connectivity index (χ4n) is 3.23. The van der Waals surface area contributed by atoms with E-state index in [1.165, 1.54) is 12.0 Å². The first-order valence-electron chi connectivity index (χ1n) is 8.21. The number of methoxy groups -OCH3 is 1. The summed E-state index contributed by atoms with van der Waals surface area (Å²) in [4.78, 5) is 14.7. The second kappa shape index (κ2) is 7.42. The van der Waals surface area contributed by atoms with E-state index in [1.54, 1.807) is 7.11 Å². The molecule has 1 atom stereocenters. The molecule has 0 saturated carbocycles. The maximum absolute atomic E-state index is 12.3. The summed E-state index contributed by atoms with van der Waals surface area (Å²) in [5, 5.41) is 0. The SMILES string of the molecule is COc1cccc(C(=O)CCN2CCC(c3ccccc3)C2)c1. The minimum atomic E-state index is 0.187. The third-order valence-corrected chi connectivity index (χ3v) is 4.59. The van der Waals surface area contributed by atoms with Crippen LogP contribution in [0.4, 0.5) is 0 Å². The maximum Gasteiger partial charge on any atom is 0.164 e. The molecule has 1 saturated heterocycles. The number of rotatable bonds is 6. The highest BCUT2D eigenvalue weighted by Crippen LogP contribution is 2.27. The fraction of sp³-hybridized carbons (Fsp3) is 0.350. The Bertz CT molecular complexity index is 654. The zero-order valence-electron chi connectivity index (χ0n) is 13.6. The molecule has 120 valence electrons. The van der Waals surface area contributed by atoms with Gasteiger partial charge in [0.05, 0.1) is 7.11 Å². The average molecular weight is 309 g/mol. The number of benzene rings is 2. The molecule has 1 unspecified atom stereocenters. The van der Waals surface area contributed by atoms with Crippen LogP contribution in [0.1, 0.15) is 34.7 Å². The van der Waals surface area contributed by atoms with Crippen molar-refractivity contribution in [3.63, 3.8) is 0 Å². The van der Waals surface area contributed by atoms with E-state index in [0.29, 0.717) is 12.3 Å². The van der Waals surface area contributed by atoms with Gasteiger partial charge < -0.3 is 9.64 Å². The van der Waals surface area contributed by atoms with Crippen molar-refractivity contribution in [3.8, 4) is 5.75 Å². The number of carbonyl (C=O) groups excluding carboxylic acids is 1. The second-order valence-electron chi connectivity index (χ2n) is 6.10. The van der Waals surface area contributed by atoms with E-state index in [2.05, 4.69) is 35.2 Å². The lowest BCUT2D eigenvalue weighted by molar-refractivity contribution is 0.0968. The molecule has 3 rings (SSSR count). The van der Waals surface area contributed by atoms with Gasteiger partial charge in [0.2, 0.25) is 0 Å². The van der Waals surface area contributed by atoms with Gasteiger partial charge in [-0.15, -0.1) is 0 Å². The number of ether oxygens (including phenoxy) is 1. The van der Waals surface area contributed by atoms with E-state index in [-0.39, 0.29) is 5.78 Å². The molecular weight excluding hydrogens is 286 g/mol. The van der Waals surface area contributed by atoms with Gasteiger partial charge in [-0.2, -0.15) is 0 Å². The molecule has 0 radical (unpaired) electrons. The lowest BCUT2D eigenvalue weighted by Gasteiger charge is -2.15. The average Bonchev–Trinajstić information content (AvgIpc) is 3.09. The van der Waals surface area contributed by atoms with E-state index in [9.17, 15) is 4.79 Å². The van der Waals surface area contributed by atoms with Crippen LogP contribution in [0.5, 0.6) is 5.75 Å². The Morgan fingerprint density at radius 1 is 1.17 bits per heavy atom. The smallest absolute Gasteiger partial charge is 0.164 e. The van der Waals surface area contributed by atoms with Crippen molar-refractivity contribution in [2.45, 2.75) is 18.8 Å². The molecule has 0 bridgehead atoms. The highest BCUT2D eigenvalue weighted by Gasteiger charge is 2.23. The first-order valence-corrected chi connectivity index (χ1v) is 8.21. The largest absolute Gasteiger partial charge is 0.497 e. The van der Waals surface area contributed by atoms with Crippen LogP contribution in [0.25, 0.3) is 0 Å². The lowest BCUT2D eigenvalue weighted by Crippen LogP contribution is -2.23. The van der Waals surface area contributed by atoms with Crippen LogP contribution in [-0.2, 0) is 0 Å². The normalized spacial score (nSPS) is 18.0. The quantitative estimate of drug-likeness (QED) is 0.761. The van der Waals surface area contributed by atoms with Crippen molar-refractivity contribution in [1.29, 1.82) is 0 Å². The summed E-state index contributed by atoms with van der Waals surface area (Å²) >= 11 is 0. The molecule has 1 fully saturated rings. The Kier molecular flexibility index (Phi) is 5.09. The van der Waals surface area contributed by atoms with Crippen LogP contribution >= 0.6 is 0 Å². The Morgan fingerprint density at radius 2 is 2.00 bits per heavy atom. The molecule has 23 heavy (non-hydrogen) atoms. The lowest BCUT2D eigenvalue weighted by atomic mass is 9.99. The van der Waals surface area contributed by atoms with Gasteiger partial charge >= 0.3 is 0 Å². The number of hydrogen-bond acceptors (Lipinski definition) is 3. The third kappa shape index (κ3) is 3.99. The number of Topliss-reactive ketones (excluding diaryl/α,β-unsaturated/α-hetero) is 1. The molecule has 2 aromatic rings. The Morgan fingerprint density at radius 3 is 2.78 bits per heavy atom. The first kappa shape index (κ1) is 15.8. The van der Waals surface area contributed by atoms with Gasteiger partial charge in [0.25, 0.3) is 0 Å². The molecule has 3 nitrogen and oxygen atoms in total. The van der Waals surface area contributed by atoms with Crippen molar-refractivity contribution in [1.82, 2.24) is 4.90 Å². The number of likely N-dealkylation sites (tertiary alicyclic amines) is 1. The van der Waals surface area contributed by atoms with Crippen molar-refractivity contribution < 1.29 is 9.53 Å². The van der Waals surface area contributed by atoms with Crippen LogP contribution in [0.15, 0.2) is 54.6 Å². The Balaban J connectivity index is 1.52. The third-order valence-electron chi connectivity index (χ3n) is 4.59. The van der Waals surface area contributed by atoms with Crippen LogP contribution in [0.3, 0.4) is 0 Å². The van der Waals surface area contributed by atoms with Crippen LogP contribution in [0.2, 0.25) is 0 Å². The van der Waals surface area contributed by atoms with Crippen LogP contribution in [-0.4, -0.2) is 37.4 Å². The van der Waals surface area contributed by atoms with Crippen LogP contribution < -0.4 is 4.74 Å². The van der Waals surface area contributed by atoms with E-state index < -0.39 is 0 Å². The minimum Gasteiger partial charge on any atom is -0.497 e. The summed E-state index contributed by atoms with van der Waals surface area (Å²) in [5.74, 6) is 1.52. The summed E-state index contributed by atoms with van der Waals surface area (Å²) in [6.45, 7) is 2.96. The van der Waals surface area contributed by atoms with Gasteiger partial charge in [-0.05, 0) is 36.6 Å². The molecule has 1 heterocycles. The molecular formula is C20H23NO2. The fourth-order valence-corrected chi connectivity index (χ4v) is 3.23. The van der Waals surface area contributed by atoms with Gasteiger partial charge in [0.15, 0.2) is 5.78 Å². The van der Waals surface area contributed by atoms with E-state index in [0.717, 1.165) is 30.9 Å². The molecule has 0 aliphatic carbocycles. The summed E-state index contributed by atoms with van der Waals surface area (Å²) in [7, 11) is 1.62. The monoisotopic (exact) mass is 309 g/mol. The van der Waals surface area contributed by atoms with Gasteiger partial charge in [-0.1, -0.05) is 42.5 Å². The van der Waals surface area contributed by atoms with Gasteiger partial charge in [-0.3, -0.25) is 4.79 Å². The predicted octanol–water partition coefficient (Wildman–Crippen LogP) is 3.76. The van der Waals surface area contributed by atoms with Crippen molar-refractivity contribution >= 4 is 5.78 Å². The van der Waals surface area contributed by atoms with Crippen molar-refractivity contribution in [2.24, 2.45) is 0 Å².